The molecule has 24 heavy (non-hydrogen) atoms. The number of ether oxygens (including phenoxy) is 2. The molecule has 5 nitrogen and oxygen atoms in total. The molecule has 2 aliphatic rings. The Bertz CT molecular complexity index is 594. The summed E-state index contributed by atoms with van der Waals surface area (Å²) in [5.41, 5.74) is 0.621. The molecule has 2 fully saturated rings. The third-order valence-corrected chi connectivity index (χ3v) is 5.08. The fraction of sp³-hybridized carbons (Fsp3) is 0.611. The first-order chi connectivity index (χ1) is 11.6. The van der Waals surface area contributed by atoms with Gasteiger partial charge in [0.25, 0.3) is 0 Å². The normalized spacial score (nSPS) is 27.3. The molecule has 0 aromatic heterocycles. The van der Waals surface area contributed by atoms with Crippen LogP contribution in [0.1, 0.15) is 24.8 Å². The molecule has 1 heterocycles. The van der Waals surface area contributed by atoms with E-state index in [1.807, 2.05) is 4.90 Å². The maximum absolute atomic E-state index is 13.8. The predicted octanol–water partition coefficient (Wildman–Crippen LogP) is 1.77. The lowest BCUT2D eigenvalue weighted by molar-refractivity contribution is -0.143. The molecule has 1 aromatic rings. The van der Waals surface area contributed by atoms with Gasteiger partial charge in [0.2, 0.25) is 5.91 Å². The standard InChI is InChI=1S/C18H24FNO4/c1-23-17-6-5-12(9-14(17)19)10-18(22)20-7-8-24-11-15(20)13-3-2-4-16(13)21/h5-6,9,13,15-16,21H,2-4,7-8,10-11H2,1H3/t13-,15+,16-/m0/s1. The summed E-state index contributed by atoms with van der Waals surface area (Å²) >= 11 is 0. The first-order valence-electron chi connectivity index (χ1n) is 8.48. The number of nitrogens with zero attached hydrogens (tertiary/aromatic N) is 1. The molecule has 3 atom stereocenters. The average Bonchev–Trinajstić information content (AvgIpc) is 3.01. The zero-order valence-electron chi connectivity index (χ0n) is 13.9. The van der Waals surface area contributed by atoms with Gasteiger partial charge in [-0.05, 0) is 30.5 Å². The van der Waals surface area contributed by atoms with Crippen LogP contribution in [0, 0.1) is 11.7 Å². The molecule has 0 unspecified atom stereocenters. The van der Waals surface area contributed by atoms with Crippen LogP contribution in [-0.2, 0) is 16.0 Å². The van der Waals surface area contributed by atoms with Gasteiger partial charge in [-0.25, -0.2) is 4.39 Å². The Balaban J connectivity index is 1.71. The molecule has 1 N–H and O–H groups in total. The summed E-state index contributed by atoms with van der Waals surface area (Å²) in [6.07, 6.45) is 2.45. The summed E-state index contributed by atoms with van der Waals surface area (Å²) in [6.45, 7) is 1.48. The molecule has 6 heteroatoms. The van der Waals surface area contributed by atoms with Crippen molar-refractivity contribution in [3.63, 3.8) is 0 Å². The summed E-state index contributed by atoms with van der Waals surface area (Å²) in [5, 5.41) is 10.2. The molecular formula is C18H24FNO4. The van der Waals surface area contributed by atoms with Crippen LogP contribution >= 0.6 is 0 Å². The van der Waals surface area contributed by atoms with Crippen LogP contribution < -0.4 is 4.74 Å². The number of aliphatic hydroxyl groups is 1. The van der Waals surface area contributed by atoms with E-state index in [1.165, 1.54) is 19.2 Å². The van der Waals surface area contributed by atoms with Crippen LogP contribution in [0.3, 0.4) is 0 Å². The van der Waals surface area contributed by atoms with E-state index >= 15 is 0 Å². The van der Waals surface area contributed by atoms with Gasteiger partial charge in [0.1, 0.15) is 0 Å². The van der Waals surface area contributed by atoms with E-state index in [0.29, 0.717) is 25.3 Å². The maximum Gasteiger partial charge on any atom is 0.227 e. The number of hydrogen-bond acceptors (Lipinski definition) is 4. The Morgan fingerprint density at radius 2 is 2.29 bits per heavy atom. The van der Waals surface area contributed by atoms with E-state index in [2.05, 4.69) is 0 Å². The van der Waals surface area contributed by atoms with Crippen molar-refractivity contribution in [3.05, 3.63) is 29.6 Å². The number of carbonyl (C=O) groups is 1. The second kappa shape index (κ2) is 7.49. The number of amides is 1. The predicted molar refractivity (Wildman–Crippen MR) is 86.3 cm³/mol. The van der Waals surface area contributed by atoms with Gasteiger partial charge < -0.3 is 19.5 Å². The van der Waals surface area contributed by atoms with Crippen LogP contribution in [0.4, 0.5) is 4.39 Å². The highest BCUT2D eigenvalue weighted by molar-refractivity contribution is 5.79. The number of methoxy groups -OCH3 is 1. The number of carbonyl (C=O) groups excluding carboxylic acids is 1. The first kappa shape index (κ1) is 17.2. The number of hydrogen-bond donors (Lipinski definition) is 1. The summed E-state index contributed by atoms with van der Waals surface area (Å²) in [6, 6.07) is 4.50. The molecule has 1 aliphatic carbocycles. The van der Waals surface area contributed by atoms with Gasteiger partial charge in [-0.15, -0.1) is 0 Å². The van der Waals surface area contributed by atoms with Crippen molar-refractivity contribution in [3.8, 4) is 5.75 Å². The largest absolute Gasteiger partial charge is 0.494 e. The highest BCUT2D eigenvalue weighted by Crippen LogP contribution is 2.32. The third kappa shape index (κ3) is 3.54. The minimum atomic E-state index is -0.465. The molecule has 3 rings (SSSR count). The molecule has 0 radical (unpaired) electrons. The van der Waals surface area contributed by atoms with E-state index < -0.39 is 5.82 Å². The lowest BCUT2D eigenvalue weighted by Crippen LogP contribution is -2.54. The van der Waals surface area contributed by atoms with Crippen LogP contribution in [-0.4, -0.2) is 54.9 Å². The van der Waals surface area contributed by atoms with Crippen molar-refractivity contribution in [2.45, 2.75) is 37.8 Å². The summed E-state index contributed by atoms with van der Waals surface area (Å²) < 4.78 is 24.3. The van der Waals surface area contributed by atoms with Crippen LogP contribution in [0.5, 0.6) is 5.75 Å². The van der Waals surface area contributed by atoms with Crippen molar-refractivity contribution < 1.29 is 23.8 Å². The molecule has 1 saturated heterocycles. The van der Waals surface area contributed by atoms with Gasteiger partial charge >= 0.3 is 0 Å². The molecule has 132 valence electrons. The molecule has 1 aromatic carbocycles. The number of aliphatic hydroxyl groups excluding tert-OH is 1. The smallest absolute Gasteiger partial charge is 0.227 e. The molecule has 1 saturated carbocycles. The van der Waals surface area contributed by atoms with E-state index in [4.69, 9.17) is 9.47 Å². The fourth-order valence-electron chi connectivity index (χ4n) is 3.80. The lowest BCUT2D eigenvalue weighted by atomic mass is 9.93. The molecule has 0 spiro atoms. The quantitative estimate of drug-likeness (QED) is 0.910. The molecule has 1 aliphatic heterocycles. The highest BCUT2D eigenvalue weighted by Gasteiger charge is 2.39. The first-order valence-corrected chi connectivity index (χ1v) is 8.48. The van der Waals surface area contributed by atoms with Gasteiger partial charge in [-0.3, -0.25) is 4.79 Å². The van der Waals surface area contributed by atoms with Crippen molar-refractivity contribution in [1.82, 2.24) is 4.90 Å². The average molecular weight is 337 g/mol. The molecule has 0 bridgehead atoms. The van der Waals surface area contributed by atoms with Gasteiger partial charge in [0, 0.05) is 12.5 Å². The van der Waals surface area contributed by atoms with Crippen LogP contribution in [0.2, 0.25) is 0 Å². The summed E-state index contributed by atoms with van der Waals surface area (Å²) in [5.74, 6) is -0.272. The second-order valence-electron chi connectivity index (χ2n) is 6.54. The van der Waals surface area contributed by atoms with Crippen molar-refractivity contribution in [2.24, 2.45) is 5.92 Å². The molecule has 1 amide bonds. The number of morpholine rings is 1. The van der Waals surface area contributed by atoms with Crippen molar-refractivity contribution in [2.75, 3.05) is 26.9 Å². The van der Waals surface area contributed by atoms with Gasteiger partial charge in [0.15, 0.2) is 11.6 Å². The van der Waals surface area contributed by atoms with E-state index in [1.54, 1.807) is 6.07 Å². The highest BCUT2D eigenvalue weighted by atomic mass is 19.1. The minimum Gasteiger partial charge on any atom is -0.494 e. The van der Waals surface area contributed by atoms with E-state index in [-0.39, 0.29) is 36.1 Å². The third-order valence-electron chi connectivity index (χ3n) is 5.08. The SMILES string of the molecule is COc1ccc(CC(=O)N2CCOC[C@@H]2[C@@H]2CCC[C@@H]2O)cc1F. The number of benzene rings is 1. The maximum atomic E-state index is 13.8. The topological polar surface area (TPSA) is 59.0 Å². The van der Waals surface area contributed by atoms with Gasteiger partial charge in [-0.1, -0.05) is 12.5 Å². The number of rotatable bonds is 4. The summed E-state index contributed by atoms with van der Waals surface area (Å²) in [7, 11) is 1.41. The zero-order chi connectivity index (χ0) is 17.1. The van der Waals surface area contributed by atoms with E-state index in [0.717, 1.165) is 19.3 Å². The Labute approximate surface area is 141 Å². The zero-order valence-corrected chi connectivity index (χ0v) is 13.9. The van der Waals surface area contributed by atoms with Crippen LogP contribution in [0.15, 0.2) is 18.2 Å². The molecular weight excluding hydrogens is 313 g/mol. The van der Waals surface area contributed by atoms with Gasteiger partial charge in [-0.2, -0.15) is 0 Å². The van der Waals surface area contributed by atoms with Crippen LogP contribution in [0.25, 0.3) is 0 Å². The number of halogens is 1. The fourth-order valence-corrected chi connectivity index (χ4v) is 3.80. The Kier molecular flexibility index (Phi) is 5.36. The Hall–Kier alpha value is -1.66. The Morgan fingerprint density at radius 1 is 1.46 bits per heavy atom. The van der Waals surface area contributed by atoms with E-state index in [9.17, 15) is 14.3 Å². The Morgan fingerprint density at radius 3 is 2.96 bits per heavy atom. The minimum absolute atomic E-state index is 0.0491. The summed E-state index contributed by atoms with van der Waals surface area (Å²) in [4.78, 5) is 14.6. The van der Waals surface area contributed by atoms with Gasteiger partial charge in [0.05, 0.1) is 38.9 Å². The lowest BCUT2D eigenvalue weighted by Gasteiger charge is -2.40. The second-order valence-corrected chi connectivity index (χ2v) is 6.54. The van der Waals surface area contributed by atoms with Crippen molar-refractivity contribution >= 4 is 5.91 Å². The monoisotopic (exact) mass is 337 g/mol. The van der Waals surface area contributed by atoms with Crippen molar-refractivity contribution in [1.29, 1.82) is 0 Å².